The second-order valence-corrected chi connectivity index (χ2v) is 6.71. The minimum atomic E-state index is -1.31. The van der Waals surface area contributed by atoms with Gasteiger partial charge < -0.3 is 32.3 Å². The number of benzene rings is 1. The summed E-state index contributed by atoms with van der Waals surface area (Å²) in [6.07, 6.45) is 0.391. The second-order valence-electron chi connectivity index (χ2n) is 6.71. The number of amides is 2. The van der Waals surface area contributed by atoms with Gasteiger partial charge in [0.25, 0.3) is 0 Å². The number of aliphatic carboxylic acids is 1. The fraction of sp³-hybridized carbons (Fsp3) is 0.526. The molecule has 0 radical (unpaired) electrons. The van der Waals surface area contributed by atoms with Crippen molar-refractivity contribution in [3.63, 3.8) is 0 Å². The lowest BCUT2D eigenvalue weighted by atomic mass is 10.0. The topological polar surface area (TPSA) is 168 Å². The van der Waals surface area contributed by atoms with Crippen LogP contribution in [-0.4, -0.2) is 58.8 Å². The summed E-state index contributed by atoms with van der Waals surface area (Å²) in [4.78, 5) is 36.1. The zero-order valence-corrected chi connectivity index (χ0v) is 16.0. The van der Waals surface area contributed by atoms with Gasteiger partial charge in [0.1, 0.15) is 12.1 Å². The number of nitrogens with one attached hydrogen (secondary N) is 2. The van der Waals surface area contributed by atoms with Crippen LogP contribution in [0.5, 0.6) is 0 Å². The molecular formula is C19H30N4O5. The molecule has 4 atom stereocenters. The van der Waals surface area contributed by atoms with Crippen molar-refractivity contribution >= 4 is 17.8 Å². The molecule has 0 fully saturated rings. The van der Waals surface area contributed by atoms with Crippen molar-refractivity contribution in [1.82, 2.24) is 10.6 Å². The maximum atomic E-state index is 12.4. The number of hydrogen-bond acceptors (Lipinski definition) is 6. The highest BCUT2D eigenvalue weighted by molar-refractivity contribution is 5.92. The molecule has 0 aliphatic rings. The predicted octanol–water partition coefficient (Wildman–Crippen LogP) is -0.880. The monoisotopic (exact) mass is 394 g/mol. The Kier molecular flexibility index (Phi) is 10.1. The Bertz CT molecular complexity index is 638. The van der Waals surface area contributed by atoms with Gasteiger partial charge in [-0.3, -0.25) is 9.59 Å². The van der Waals surface area contributed by atoms with Crippen LogP contribution < -0.4 is 22.1 Å². The van der Waals surface area contributed by atoms with E-state index in [2.05, 4.69) is 10.6 Å². The van der Waals surface area contributed by atoms with E-state index in [-0.39, 0.29) is 12.8 Å². The van der Waals surface area contributed by atoms with Crippen LogP contribution in [0.2, 0.25) is 0 Å². The van der Waals surface area contributed by atoms with Gasteiger partial charge in [0.2, 0.25) is 11.8 Å². The summed E-state index contributed by atoms with van der Waals surface area (Å²) in [6, 6.07) is 5.77. The third-order valence-electron chi connectivity index (χ3n) is 4.26. The fourth-order valence-electron chi connectivity index (χ4n) is 2.64. The first-order valence-corrected chi connectivity index (χ1v) is 9.27. The summed E-state index contributed by atoms with van der Waals surface area (Å²) in [7, 11) is 0. The number of unbranched alkanes of at least 4 members (excludes halogenated alkanes) is 1. The molecule has 2 amide bonds. The van der Waals surface area contributed by atoms with Gasteiger partial charge in [0.15, 0.2) is 0 Å². The number of carbonyl (C=O) groups is 3. The molecule has 0 heterocycles. The molecule has 4 unspecified atom stereocenters. The predicted molar refractivity (Wildman–Crippen MR) is 104 cm³/mol. The summed E-state index contributed by atoms with van der Waals surface area (Å²) in [6.45, 7) is 1.75. The van der Waals surface area contributed by atoms with E-state index in [1.165, 1.54) is 6.92 Å². The first-order chi connectivity index (χ1) is 13.3. The average molecular weight is 394 g/mol. The number of carbonyl (C=O) groups excluding carboxylic acids is 2. The Labute approximate surface area is 164 Å². The number of carboxylic acid groups (broad SMARTS) is 1. The molecule has 1 aromatic carbocycles. The van der Waals surface area contributed by atoms with Gasteiger partial charge in [-0.15, -0.1) is 0 Å². The summed E-state index contributed by atoms with van der Waals surface area (Å²) in [5.74, 6) is -2.59. The van der Waals surface area contributed by atoms with Crippen molar-refractivity contribution < 1.29 is 24.6 Å². The first kappa shape index (κ1) is 23.5. The van der Waals surface area contributed by atoms with Crippen molar-refractivity contribution in [2.45, 2.75) is 56.8 Å². The molecule has 0 saturated heterocycles. The first-order valence-electron chi connectivity index (χ1n) is 9.27. The summed E-state index contributed by atoms with van der Waals surface area (Å²) in [5, 5.41) is 23.9. The van der Waals surface area contributed by atoms with E-state index in [0.29, 0.717) is 19.4 Å². The van der Waals surface area contributed by atoms with Crippen LogP contribution in [0.4, 0.5) is 0 Å². The third-order valence-corrected chi connectivity index (χ3v) is 4.26. The van der Waals surface area contributed by atoms with E-state index < -0.39 is 42.0 Å². The molecular weight excluding hydrogens is 364 g/mol. The largest absolute Gasteiger partial charge is 0.480 e. The number of carboxylic acids is 1. The van der Waals surface area contributed by atoms with Crippen LogP contribution in [0.3, 0.4) is 0 Å². The van der Waals surface area contributed by atoms with Crippen LogP contribution in [0.25, 0.3) is 0 Å². The van der Waals surface area contributed by atoms with E-state index in [4.69, 9.17) is 11.5 Å². The van der Waals surface area contributed by atoms with Crippen LogP contribution >= 0.6 is 0 Å². The SMILES string of the molecule is CC(O)C(NC(=O)C(N)Cc1ccccc1)C(=O)NC(CCCCN)C(=O)O. The summed E-state index contributed by atoms with van der Waals surface area (Å²) < 4.78 is 0. The smallest absolute Gasteiger partial charge is 0.326 e. The van der Waals surface area contributed by atoms with Gasteiger partial charge >= 0.3 is 5.97 Å². The Balaban J connectivity index is 2.70. The van der Waals surface area contributed by atoms with Crippen LogP contribution in [0.1, 0.15) is 31.7 Å². The van der Waals surface area contributed by atoms with Gasteiger partial charge in [0.05, 0.1) is 12.1 Å². The van der Waals surface area contributed by atoms with Crippen molar-refractivity contribution in [2.24, 2.45) is 11.5 Å². The lowest BCUT2D eigenvalue weighted by Crippen LogP contribution is -2.58. The Morgan fingerprint density at radius 1 is 1.07 bits per heavy atom. The molecule has 0 saturated carbocycles. The number of aliphatic hydroxyl groups excluding tert-OH is 1. The van der Waals surface area contributed by atoms with E-state index in [9.17, 15) is 24.6 Å². The molecule has 0 aromatic heterocycles. The van der Waals surface area contributed by atoms with Gasteiger partial charge in [0, 0.05) is 0 Å². The standard InChI is InChI=1S/C19H30N4O5/c1-12(24)16(18(26)22-15(19(27)28)9-5-6-10-20)23-17(25)14(21)11-13-7-3-2-4-8-13/h2-4,7-8,12,14-16,24H,5-6,9-11,20-21H2,1H3,(H,22,26)(H,23,25)(H,27,28). The van der Waals surface area contributed by atoms with Gasteiger partial charge in [-0.25, -0.2) is 4.79 Å². The number of rotatable bonds is 12. The van der Waals surface area contributed by atoms with Crippen molar-refractivity contribution in [3.05, 3.63) is 35.9 Å². The zero-order valence-electron chi connectivity index (χ0n) is 16.0. The Morgan fingerprint density at radius 2 is 1.71 bits per heavy atom. The zero-order chi connectivity index (χ0) is 21.1. The Morgan fingerprint density at radius 3 is 2.25 bits per heavy atom. The minimum Gasteiger partial charge on any atom is -0.480 e. The highest BCUT2D eigenvalue weighted by Gasteiger charge is 2.30. The van der Waals surface area contributed by atoms with Gasteiger partial charge in [-0.1, -0.05) is 30.3 Å². The second kappa shape index (κ2) is 12.1. The van der Waals surface area contributed by atoms with Gasteiger partial charge in [-0.2, -0.15) is 0 Å². The molecule has 9 heteroatoms. The highest BCUT2D eigenvalue weighted by atomic mass is 16.4. The molecule has 1 rings (SSSR count). The quantitative estimate of drug-likeness (QED) is 0.250. The number of nitrogens with two attached hydrogens (primary N) is 2. The molecule has 0 aliphatic carbocycles. The molecule has 0 bridgehead atoms. The van der Waals surface area contributed by atoms with Crippen LogP contribution in [0, 0.1) is 0 Å². The number of hydrogen-bond donors (Lipinski definition) is 6. The average Bonchev–Trinajstić information content (AvgIpc) is 2.65. The molecule has 1 aromatic rings. The van der Waals surface area contributed by atoms with E-state index >= 15 is 0 Å². The maximum absolute atomic E-state index is 12.4. The lowest BCUT2D eigenvalue weighted by Gasteiger charge is -2.24. The van der Waals surface area contributed by atoms with Crippen molar-refractivity contribution in [2.75, 3.05) is 6.54 Å². The van der Waals surface area contributed by atoms with E-state index in [1.54, 1.807) is 0 Å². The van der Waals surface area contributed by atoms with Crippen molar-refractivity contribution in [3.8, 4) is 0 Å². The Hall–Kier alpha value is -2.49. The summed E-state index contributed by atoms with van der Waals surface area (Å²) >= 11 is 0. The maximum Gasteiger partial charge on any atom is 0.326 e. The van der Waals surface area contributed by atoms with E-state index in [0.717, 1.165) is 5.56 Å². The van der Waals surface area contributed by atoms with Crippen LogP contribution in [-0.2, 0) is 20.8 Å². The molecule has 0 aliphatic heterocycles. The third kappa shape index (κ3) is 8.03. The van der Waals surface area contributed by atoms with E-state index in [1.807, 2.05) is 30.3 Å². The molecule has 8 N–H and O–H groups in total. The van der Waals surface area contributed by atoms with Crippen molar-refractivity contribution in [1.29, 1.82) is 0 Å². The molecule has 0 spiro atoms. The van der Waals surface area contributed by atoms with Gasteiger partial charge in [-0.05, 0) is 44.7 Å². The van der Waals surface area contributed by atoms with Crippen LogP contribution in [0.15, 0.2) is 30.3 Å². The molecule has 156 valence electrons. The molecule has 28 heavy (non-hydrogen) atoms. The minimum absolute atomic E-state index is 0.201. The summed E-state index contributed by atoms with van der Waals surface area (Å²) in [5.41, 5.74) is 12.1. The fourth-order valence-corrected chi connectivity index (χ4v) is 2.64. The normalized spacial score (nSPS) is 15.1. The number of aliphatic hydroxyl groups is 1. The lowest BCUT2D eigenvalue weighted by molar-refractivity contribution is -0.143. The highest BCUT2D eigenvalue weighted by Crippen LogP contribution is 2.05. The molecule has 9 nitrogen and oxygen atoms in total.